The molecule has 1 heterocycles. The first-order valence-corrected chi connectivity index (χ1v) is 6.27. The molecule has 0 bridgehead atoms. The number of carboxylic acids is 1. The fourth-order valence-electron chi connectivity index (χ4n) is 1.82. The van der Waals surface area contributed by atoms with Crippen molar-refractivity contribution in [3.8, 4) is 0 Å². The molecule has 1 fully saturated rings. The molecule has 2 unspecified atom stereocenters. The second-order valence-corrected chi connectivity index (χ2v) is 5.81. The van der Waals surface area contributed by atoms with Crippen molar-refractivity contribution < 1.29 is 22.7 Å². The summed E-state index contributed by atoms with van der Waals surface area (Å²) in [5, 5.41) is 8.77. The first-order chi connectivity index (χ1) is 6.46. The van der Waals surface area contributed by atoms with E-state index in [1.165, 1.54) is 0 Å². The molecule has 0 saturated carbocycles. The van der Waals surface area contributed by atoms with Crippen molar-refractivity contribution in [1.82, 2.24) is 0 Å². The van der Waals surface area contributed by atoms with Gasteiger partial charge in [0.1, 0.15) is 0 Å². The average molecular weight is 224 g/mol. The van der Waals surface area contributed by atoms with Crippen molar-refractivity contribution >= 4 is 15.8 Å². The van der Waals surface area contributed by atoms with Crippen LogP contribution in [0.1, 0.15) is 12.8 Å². The van der Waals surface area contributed by atoms with Gasteiger partial charge in [-0.3, -0.25) is 9.18 Å². The lowest BCUT2D eigenvalue weighted by molar-refractivity contribution is -0.143. The highest BCUT2D eigenvalue weighted by atomic mass is 32.2. The van der Waals surface area contributed by atoms with Gasteiger partial charge in [-0.15, -0.1) is 0 Å². The zero-order valence-corrected chi connectivity index (χ0v) is 8.46. The van der Waals surface area contributed by atoms with Gasteiger partial charge in [0.2, 0.25) is 0 Å². The molecule has 1 rings (SSSR count). The van der Waals surface area contributed by atoms with E-state index in [2.05, 4.69) is 0 Å². The summed E-state index contributed by atoms with van der Waals surface area (Å²) in [7, 11) is -3.08. The van der Waals surface area contributed by atoms with Gasteiger partial charge < -0.3 is 5.11 Å². The monoisotopic (exact) mass is 224 g/mol. The minimum absolute atomic E-state index is 0.0354. The summed E-state index contributed by atoms with van der Waals surface area (Å²) in [6.07, 6.45) is 0.259. The first kappa shape index (κ1) is 11.4. The maximum Gasteiger partial charge on any atom is 0.306 e. The van der Waals surface area contributed by atoms with Gasteiger partial charge >= 0.3 is 5.97 Å². The van der Waals surface area contributed by atoms with E-state index in [-0.39, 0.29) is 17.9 Å². The molecule has 1 aliphatic heterocycles. The summed E-state index contributed by atoms with van der Waals surface area (Å²) >= 11 is 0. The smallest absolute Gasteiger partial charge is 0.306 e. The van der Waals surface area contributed by atoms with Crippen LogP contribution >= 0.6 is 0 Å². The Kier molecular flexibility index (Phi) is 3.47. The third-order valence-corrected chi connectivity index (χ3v) is 4.37. The molecule has 0 aromatic carbocycles. The highest BCUT2D eigenvalue weighted by molar-refractivity contribution is 7.91. The molecule has 0 amide bonds. The lowest BCUT2D eigenvalue weighted by atomic mass is 9.89. The Morgan fingerprint density at radius 1 is 1.57 bits per heavy atom. The molecule has 0 radical (unpaired) electrons. The summed E-state index contributed by atoms with van der Waals surface area (Å²) in [4.78, 5) is 10.7. The Balaban J connectivity index is 2.67. The molecule has 6 heteroatoms. The molecular formula is C8H13FO4S. The van der Waals surface area contributed by atoms with Gasteiger partial charge in [0.05, 0.1) is 24.1 Å². The third-order valence-electron chi connectivity index (χ3n) is 2.57. The summed E-state index contributed by atoms with van der Waals surface area (Å²) < 4.78 is 34.2. The molecule has 2 atom stereocenters. The first-order valence-electron chi connectivity index (χ1n) is 4.45. The van der Waals surface area contributed by atoms with Gasteiger partial charge in [0.25, 0.3) is 0 Å². The van der Waals surface area contributed by atoms with Crippen LogP contribution in [0.15, 0.2) is 0 Å². The Hall–Kier alpha value is -0.650. The van der Waals surface area contributed by atoms with Crippen molar-refractivity contribution in [3.05, 3.63) is 0 Å². The van der Waals surface area contributed by atoms with Crippen molar-refractivity contribution in [2.75, 3.05) is 18.2 Å². The zero-order chi connectivity index (χ0) is 10.8. The van der Waals surface area contributed by atoms with Crippen LogP contribution in [0.2, 0.25) is 0 Å². The number of hydrogen-bond donors (Lipinski definition) is 1. The van der Waals surface area contributed by atoms with Crippen LogP contribution in [0.3, 0.4) is 0 Å². The predicted octanol–water partition coefficient (Wildman–Crippen LogP) is 0.482. The van der Waals surface area contributed by atoms with Crippen LogP contribution < -0.4 is 0 Å². The van der Waals surface area contributed by atoms with Gasteiger partial charge in [-0.25, -0.2) is 8.42 Å². The summed E-state index contributed by atoms with van der Waals surface area (Å²) in [6, 6.07) is 0. The van der Waals surface area contributed by atoms with E-state index in [1.807, 2.05) is 0 Å². The van der Waals surface area contributed by atoms with Gasteiger partial charge in [0.15, 0.2) is 9.84 Å². The standard InChI is InChI=1S/C8H13FO4S/c9-3-1-7(8(10)11)6-2-4-14(12,13)5-6/h6-7H,1-5H2,(H,10,11). The fraction of sp³-hybridized carbons (Fsp3) is 0.875. The molecule has 1 saturated heterocycles. The Morgan fingerprint density at radius 3 is 2.57 bits per heavy atom. The van der Waals surface area contributed by atoms with E-state index in [9.17, 15) is 17.6 Å². The van der Waals surface area contributed by atoms with Gasteiger partial charge in [-0.05, 0) is 18.8 Å². The van der Waals surface area contributed by atoms with Crippen LogP contribution in [0.4, 0.5) is 4.39 Å². The van der Waals surface area contributed by atoms with E-state index in [0.29, 0.717) is 6.42 Å². The number of hydrogen-bond acceptors (Lipinski definition) is 3. The topological polar surface area (TPSA) is 71.4 Å². The molecule has 0 spiro atoms. The van der Waals surface area contributed by atoms with Crippen LogP contribution in [-0.4, -0.2) is 37.7 Å². The molecule has 0 aromatic heterocycles. The molecule has 0 aliphatic carbocycles. The summed E-state index contributed by atoms with van der Waals surface area (Å²) in [6.45, 7) is -0.715. The normalized spacial score (nSPS) is 27.4. The quantitative estimate of drug-likeness (QED) is 0.754. The predicted molar refractivity (Wildman–Crippen MR) is 48.5 cm³/mol. The zero-order valence-electron chi connectivity index (χ0n) is 7.65. The van der Waals surface area contributed by atoms with E-state index in [1.54, 1.807) is 0 Å². The molecule has 4 nitrogen and oxygen atoms in total. The second kappa shape index (κ2) is 4.25. The highest BCUT2D eigenvalue weighted by Gasteiger charge is 2.36. The third kappa shape index (κ3) is 2.67. The molecule has 1 N–H and O–H groups in total. The maximum absolute atomic E-state index is 12.0. The van der Waals surface area contributed by atoms with Crippen molar-refractivity contribution in [1.29, 1.82) is 0 Å². The lowest BCUT2D eigenvalue weighted by Gasteiger charge is -2.15. The van der Waals surface area contributed by atoms with Crippen molar-refractivity contribution in [2.45, 2.75) is 12.8 Å². The Labute approximate surface area is 82.0 Å². The number of alkyl halides is 1. The minimum atomic E-state index is -3.08. The fourth-order valence-corrected chi connectivity index (χ4v) is 3.70. The number of carboxylic acid groups (broad SMARTS) is 1. The van der Waals surface area contributed by atoms with E-state index in [0.717, 1.165) is 0 Å². The van der Waals surface area contributed by atoms with Gasteiger partial charge in [0, 0.05) is 0 Å². The van der Waals surface area contributed by atoms with Crippen molar-refractivity contribution in [2.24, 2.45) is 11.8 Å². The summed E-state index contributed by atoms with van der Waals surface area (Å²) in [5.74, 6) is -2.42. The molecule has 1 aliphatic rings. The van der Waals surface area contributed by atoms with E-state index < -0.39 is 34.3 Å². The van der Waals surface area contributed by atoms with Crippen LogP contribution in [0.5, 0.6) is 0 Å². The molecule has 0 aromatic rings. The number of halogens is 1. The second-order valence-electron chi connectivity index (χ2n) is 3.59. The van der Waals surface area contributed by atoms with Crippen LogP contribution in [0, 0.1) is 11.8 Å². The average Bonchev–Trinajstić information content (AvgIpc) is 2.41. The van der Waals surface area contributed by atoms with Gasteiger partial charge in [-0.2, -0.15) is 0 Å². The van der Waals surface area contributed by atoms with Gasteiger partial charge in [-0.1, -0.05) is 0 Å². The highest BCUT2D eigenvalue weighted by Crippen LogP contribution is 2.28. The van der Waals surface area contributed by atoms with Crippen LogP contribution in [0.25, 0.3) is 0 Å². The SMILES string of the molecule is O=C(O)C(CCF)C1CCS(=O)(=O)C1. The largest absolute Gasteiger partial charge is 0.481 e. The molecule has 82 valence electrons. The number of rotatable bonds is 4. The minimum Gasteiger partial charge on any atom is -0.481 e. The maximum atomic E-state index is 12.0. The van der Waals surface area contributed by atoms with Crippen LogP contribution in [-0.2, 0) is 14.6 Å². The molecular weight excluding hydrogens is 211 g/mol. The van der Waals surface area contributed by atoms with Crippen molar-refractivity contribution in [3.63, 3.8) is 0 Å². The van der Waals surface area contributed by atoms with E-state index in [4.69, 9.17) is 5.11 Å². The number of aliphatic carboxylic acids is 1. The lowest BCUT2D eigenvalue weighted by Crippen LogP contribution is -2.25. The number of sulfone groups is 1. The summed E-state index contributed by atoms with van der Waals surface area (Å²) in [5.41, 5.74) is 0. The van der Waals surface area contributed by atoms with E-state index >= 15 is 0 Å². The number of carbonyl (C=O) groups is 1. The Morgan fingerprint density at radius 2 is 2.21 bits per heavy atom. The Bertz CT molecular complexity index is 311. The molecule has 14 heavy (non-hydrogen) atoms.